The summed E-state index contributed by atoms with van der Waals surface area (Å²) in [5.74, 6) is 7.24. The van der Waals surface area contributed by atoms with Crippen molar-refractivity contribution in [1.82, 2.24) is 10.6 Å². The van der Waals surface area contributed by atoms with Crippen molar-refractivity contribution >= 4 is 11.9 Å². The fourth-order valence-electron chi connectivity index (χ4n) is 6.85. The molecule has 0 amide bonds. The average molecular weight is 599 g/mol. The molecule has 1 aliphatic carbocycles. The number of hydrogen-bond donors (Lipinski definition) is 6. The van der Waals surface area contributed by atoms with Gasteiger partial charge in [0.25, 0.3) is 0 Å². The smallest absolute Gasteiger partial charge is 0.302 e. The summed E-state index contributed by atoms with van der Waals surface area (Å²) < 4.78 is 12.3. The van der Waals surface area contributed by atoms with Crippen LogP contribution in [0.1, 0.15) is 82.8 Å². The monoisotopic (exact) mass is 598 g/mol. The fraction of sp³-hybridized carbons (Fsp3) is 0.697. The van der Waals surface area contributed by atoms with Crippen molar-refractivity contribution in [1.29, 1.82) is 0 Å². The molecule has 0 saturated carbocycles. The van der Waals surface area contributed by atoms with Gasteiger partial charge >= 0.3 is 5.97 Å². The van der Waals surface area contributed by atoms with Gasteiger partial charge in [-0.15, -0.1) is 0 Å². The topological polar surface area (TPSA) is 159 Å². The zero-order valence-electron chi connectivity index (χ0n) is 25.9. The molecule has 1 aromatic rings. The maximum absolute atomic E-state index is 12.4. The second-order valence-electron chi connectivity index (χ2n) is 12.5. The van der Waals surface area contributed by atoms with Crippen LogP contribution >= 0.6 is 0 Å². The van der Waals surface area contributed by atoms with Crippen LogP contribution in [0.25, 0.3) is 0 Å². The lowest BCUT2D eigenvalue weighted by Gasteiger charge is -2.36. The summed E-state index contributed by atoms with van der Waals surface area (Å²) in [6.45, 7) is 4.60. The number of piperidine rings is 1. The molecule has 238 valence electrons. The molecule has 4 rings (SSSR count). The SMILES string of the molecule is CC[C@]1(CNC(N)=NC)C#C[C@H]2CCC[C@H]3C[C@H](CCN3)Oc3cc(c(CO)cc3O)C[C@H]2[C@@H](OC(C)=O)C[C@@H](O)CC1. The maximum atomic E-state index is 12.4. The molecule has 2 heterocycles. The quantitative estimate of drug-likeness (QED) is 0.130. The van der Waals surface area contributed by atoms with Crippen LogP contribution in [0.4, 0.5) is 0 Å². The number of carbonyl (C=O) groups is 1. The summed E-state index contributed by atoms with van der Waals surface area (Å²) in [6.07, 6.45) is 5.69. The molecule has 0 radical (unpaired) electrons. The highest BCUT2D eigenvalue weighted by Gasteiger charge is 2.37. The van der Waals surface area contributed by atoms with E-state index in [1.165, 1.54) is 6.92 Å². The predicted molar refractivity (Wildman–Crippen MR) is 165 cm³/mol. The molecular formula is C33H50N4O6. The minimum Gasteiger partial charge on any atom is -0.504 e. The average Bonchev–Trinajstić information content (AvgIpc) is 2.99. The van der Waals surface area contributed by atoms with Crippen LogP contribution in [0.15, 0.2) is 17.1 Å². The second-order valence-corrected chi connectivity index (χ2v) is 12.5. The van der Waals surface area contributed by atoms with Gasteiger partial charge in [0.1, 0.15) is 12.2 Å². The van der Waals surface area contributed by atoms with Crippen molar-refractivity contribution in [2.45, 2.75) is 109 Å². The number of aliphatic hydroxyl groups excluding tert-OH is 2. The fourth-order valence-corrected chi connectivity index (χ4v) is 6.85. The zero-order valence-corrected chi connectivity index (χ0v) is 25.9. The Hall–Kier alpha value is -3.00. The molecule has 0 aromatic heterocycles. The number of hydrogen-bond acceptors (Lipinski definition) is 8. The number of rotatable bonds is 5. The molecule has 10 nitrogen and oxygen atoms in total. The van der Waals surface area contributed by atoms with E-state index < -0.39 is 23.6 Å². The van der Waals surface area contributed by atoms with Gasteiger partial charge in [0.2, 0.25) is 0 Å². The van der Waals surface area contributed by atoms with Crippen molar-refractivity contribution in [3.05, 3.63) is 23.3 Å². The summed E-state index contributed by atoms with van der Waals surface area (Å²) in [5, 5.41) is 39.2. The first-order valence-electron chi connectivity index (χ1n) is 15.8. The Kier molecular flexibility index (Phi) is 11.6. The Labute approximate surface area is 255 Å². The summed E-state index contributed by atoms with van der Waals surface area (Å²) in [4.78, 5) is 16.4. The second kappa shape index (κ2) is 15.1. The van der Waals surface area contributed by atoms with Crippen molar-refractivity contribution in [2.24, 2.45) is 28.0 Å². The lowest BCUT2D eigenvalue weighted by molar-refractivity contribution is -0.152. The molecule has 7 atom stereocenters. The molecule has 0 spiro atoms. The minimum atomic E-state index is -0.697. The standard InChI is InChI=1S/C33H50N4O6/c1-4-33(20-37-32(34)35-3)11-8-22-6-5-7-25-17-27(10-13-36-25)43-31-16-23(24(19-38)15-29(31)41)14-28(22)30(42-21(2)39)18-26(40)9-12-33/h15-16,22,25-28,30,36,38,40-41H,4-7,9-10,12-14,17-20H2,1-3H3,(H3,34,35,37)/t22-,25+,26+,27+,28-,30+,33+/m1/s1. The van der Waals surface area contributed by atoms with E-state index in [1.54, 1.807) is 13.1 Å². The van der Waals surface area contributed by atoms with Gasteiger partial charge in [-0.25, -0.2) is 0 Å². The first kappa shape index (κ1) is 32.9. The summed E-state index contributed by atoms with van der Waals surface area (Å²) >= 11 is 0. The van der Waals surface area contributed by atoms with E-state index in [9.17, 15) is 20.1 Å². The van der Waals surface area contributed by atoms with E-state index in [4.69, 9.17) is 15.2 Å². The molecule has 10 heteroatoms. The number of nitrogens with one attached hydrogen (secondary N) is 2. The molecule has 0 unspecified atom stereocenters. The number of fused-ring (bicyclic) bond motifs is 5. The molecule has 4 bridgehead atoms. The van der Waals surface area contributed by atoms with Crippen LogP contribution in [0.3, 0.4) is 0 Å². The van der Waals surface area contributed by atoms with Gasteiger partial charge in [0.05, 0.1) is 12.7 Å². The normalized spacial score (nSPS) is 31.8. The van der Waals surface area contributed by atoms with E-state index in [-0.39, 0.29) is 42.8 Å². The van der Waals surface area contributed by atoms with Crippen LogP contribution < -0.4 is 21.1 Å². The van der Waals surface area contributed by atoms with Gasteiger partial charge < -0.3 is 41.2 Å². The van der Waals surface area contributed by atoms with Crippen LogP contribution in [0.2, 0.25) is 0 Å². The number of aromatic hydroxyl groups is 1. The van der Waals surface area contributed by atoms with E-state index in [0.29, 0.717) is 43.1 Å². The number of guanidine groups is 1. The number of carbonyl (C=O) groups excluding carboxylic acids is 1. The number of ether oxygens (including phenoxy) is 2. The van der Waals surface area contributed by atoms with Crippen LogP contribution in [-0.2, 0) is 22.6 Å². The zero-order chi connectivity index (χ0) is 31.0. The van der Waals surface area contributed by atoms with Crippen LogP contribution in [-0.4, -0.2) is 71.7 Å². The molecule has 1 fully saturated rings. The number of nitrogens with zero attached hydrogens (tertiary/aromatic N) is 1. The molecular weight excluding hydrogens is 548 g/mol. The summed E-state index contributed by atoms with van der Waals surface area (Å²) in [5.41, 5.74) is 6.97. The third kappa shape index (κ3) is 8.78. The van der Waals surface area contributed by atoms with Crippen molar-refractivity contribution in [2.75, 3.05) is 20.1 Å². The number of aliphatic hydroxyl groups is 2. The third-order valence-corrected chi connectivity index (χ3v) is 9.54. The molecule has 2 aliphatic heterocycles. The van der Waals surface area contributed by atoms with Crippen molar-refractivity contribution in [3.8, 4) is 23.3 Å². The number of esters is 1. The van der Waals surface area contributed by atoms with Gasteiger partial charge in [0, 0.05) is 50.2 Å². The van der Waals surface area contributed by atoms with Crippen molar-refractivity contribution < 1.29 is 29.6 Å². The van der Waals surface area contributed by atoms with Crippen LogP contribution in [0, 0.1) is 29.1 Å². The maximum Gasteiger partial charge on any atom is 0.302 e. The number of phenolic OH excluding ortho intramolecular Hbond substituents is 1. The Morgan fingerprint density at radius 2 is 2.09 bits per heavy atom. The van der Waals surface area contributed by atoms with Gasteiger partial charge in [-0.1, -0.05) is 25.2 Å². The van der Waals surface area contributed by atoms with E-state index in [1.807, 2.05) is 6.07 Å². The Morgan fingerprint density at radius 3 is 2.81 bits per heavy atom. The molecule has 1 saturated heterocycles. The highest BCUT2D eigenvalue weighted by molar-refractivity contribution is 5.77. The summed E-state index contributed by atoms with van der Waals surface area (Å²) in [7, 11) is 1.64. The largest absolute Gasteiger partial charge is 0.504 e. The number of phenols is 1. The first-order chi connectivity index (χ1) is 20.6. The Morgan fingerprint density at radius 1 is 1.28 bits per heavy atom. The van der Waals surface area contributed by atoms with E-state index >= 15 is 0 Å². The molecule has 7 N–H and O–H groups in total. The number of nitrogens with two attached hydrogens (primary N) is 1. The minimum absolute atomic E-state index is 0.00197. The highest BCUT2D eigenvalue weighted by Crippen LogP contribution is 2.39. The molecule has 43 heavy (non-hydrogen) atoms. The van der Waals surface area contributed by atoms with Crippen molar-refractivity contribution in [3.63, 3.8) is 0 Å². The lowest BCUT2D eigenvalue weighted by atomic mass is 9.73. The Balaban J connectivity index is 1.83. The molecule has 1 aromatic carbocycles. The highest BCUT2D eigenvalue weighted by atomic mass is 16.5. The Bertz CT molecular complexity index is 1200. The predicted octanol–water partition coefficient (Wildman–Crippen LogP) is 2.75. The number of aliphatic imine (C=N–C) groups is 1. The van der Waals surface area contributed by atoms with Gasteiger partial charge in [0.15, 0.2) is 17.5 Å². The molecule has 3 aliphatic rings. The lowest BCUT2D eigenvalue weighted by Crippen LogP contribution is -2.42. The summed E-state index contributed by atoms with van der Waals surface area (Å²) in [6, 6.07) is 3.69. The van der Waals surface area contributed by atoms with Crippen LogP contribution in [0.5, 0.6) is 11.5 Å². The van der Waals surface area contributed by atoms with Gasteiger partial charge in [-0.3, -0.25) is 9.79 Å². The van der Waals surface area contributed by atoms with Gasteiger partial charge in [-0.2, -0.15) is 0 Å². The van der Waals surface area contributed by atoms with Gasteiger partial charge in [-0.05, 0) is 81.2 Å². The first-order valence-corrected chi connectivity index (χ1v) is 15.8. The third-order valence-electron chi connectivity index (χ3n) is 9.54. The number of benzene rings is 1. The van der Waals surface area contributed by atoms with E-state index in [2.05, 4.69) is 34.4 Å². The van der Waals surface area contributed by atoms with E-state index in [0.717, 1.165) is 50.6 Å².